The molecule has 0 bridgehead atoms. The fraction of sp³-hybridized carbons (Fsp3) is 0.211. The number of thioether (sulfide) groups is 1. The average molecular weight is 354 g/mol. The zero-order chi connectivity index (χ0) is 18.1. The van der Waals surface area contributed by atoms with E-state index in [-0.39, 0.29) is 12.3 Å². The van der Waals surface area contributed by atoms with Crippen molar-refractivity contribution in [1.82, 2.24) is 9.47 Å². The van der Waals surface area contributed by atoms with Gasteiger partial charge in [-0.15, -0.1) is 0 Å². The van der Waals surface area contributed by atoms with Crippen molar-refractivity contribution >= 4 is 34.8 Å². The van der Waals surface area contributed by atoms with Gasteiger partial charge in [-0.25, -0.2) is 0 Å². The Morgan fingerprint density at radius 2 is 1.84 bits per heavy atom. The molecule has 3 rings (SSSR count). The van der Waals surface area contributed by atoms with Crippen LogP contribution in [0.5, 0.6) is 0 Å². The second-order valence-electron chi connectivity index (χ2n) is 5.94. The number of benzene rings is 1. The Morgan fingerprint density at radius 1 is 1.16 bits per heavy atom. The van der Waals surface area contributed by atoms with Crippen molar-refractivity contribution in [2.75, 3.05) is 6.54 Å². The Kier molecular flexibility index (Phi) is 4.63. The van der Waals surface area contributed by atoms with E-state index in [0.717, 1.165) is 33.6 Å². The first-order valence-corrected chi connectivity index (χ1v) is 8.66. The third-order valence-electron chi connectivity index (χ3n) is 4.37. The van der Waals surface area contributed by atoms with Crippen molar-refractivity contribution in [2.45, 2.75) is 13.8 Å². The van der Waals surface area contributed by atoms with Crippen molar-refractivity contribution in [3.8, 4) is 0 Å². The molecule has 1 aromatic heterocycles. The van der Waals surface area contributed by atoms with Crippen LogP contribution in [0.25, 0.3) is 6.08 Å². The van der Waals surface area contributed by atoms with Crippen LogP contribution in [0.2, 0.25) is 0 Å². The highest BCUT2D eigenvalue weighted by molar-refractivity contribution is 8.18. The highest BCUT2D eigenvalue weighted by atomic mass is 32.2. The first-order valence-electron chi connectivity index (χ1n) is 7.85. The molecule has 128 valence electrons. The van der Waals surface area contributed by atoms with Gasteiger partial charge in [-0.05, 0) is 43.3 Å². The zero-order valence-corrected chi connectivity index (χ0v) is 15.1. The number of amides is 2. The summed E-state index contributed by atoms with van der Waals surface area (Å²) < 4.78 is 2.02. The number of rotatable bonds is 4. The molecule has 0 spiro atoms. The maximum absolute atomic E-state index is 12.5. The summed E-state index contributed by atoms with van der Waals surface area (Å²) >= 11 is 0.875. The van der Waals surface area contributed by atoms with Gasteiger partial charge in [-0.1, -0.05) is 30.3 Å². The number of hydrogen-bond acceptors (Lipinski definition) is 4. The van der Waals surface area contributed by atoms with Gasteiger partial charge in [0, 0.05) is 24.0 Å². The number of hydrogen-bond donors (Lipinski definition) is 0. The van der Waals surface area contributed by atoms with Crippen LogP contribution in [0.3, 0.4) is 0 Å². The van der Waals surface area contributed by atoms with E-state index in [2.05, 4.69) is 0 Å². The Balaban J connectivity index is 1.81. The van der Waals surface area contributed by atoms with E-state index in [4.69, 9.17) is 0 Å². The summed E-state index contributed by atoms with van der Waals surface area (Å²) in [6.45, 7) is 3.70. The molecule has 2 aromatic rings. The van der Waals surface area contributed by atoms with Crippen LogP contribution in [0.15, 0.2) is 41.3 Å². The van der Waals surface area contributed by atoms with Gasteiger partial charge < -0.3 is 4.57 Å². The summed E-state index contributed by atoms with van der Waals surface area (Å²) in [6, 6.07) is 10.6. The Morgan fingerprint density at radius 3 is 2.44 bits per heavy atom. The normalized spacial score (nSPS) is 16.1. The molecule has 2 heterocycles. The first kappa shape index (κ1) is 17.2. The van der Waals surface area contributed by atoms with Gasteiger partial charge in [0.25, 0.3) is 11.1 Å². The molecule has 0 saturated carbocycles. The number of imide groups is 1. The predicted octanol–water partition coefficient (Wildman–Crippen LogP) is 3.56. The van der Waals surface area contributed by atoms with Gasteiger partial charge in [-0.3, -0.25) is 19.3 Å². The van der Waals surface area contributed by atoms with Crippen molar-refractivity contribution in [1.29, 1.82) is 0 Å². The van der Waals surface area contributed by atoms with E-state index in [1.54, 1.807) is 30.3 Å². The quantitative estimate of drug-likeness (QED) is 0.622. The molecule has 25 heavy (non-hydrogen) atoms. The van der Waals surface area contributed by atoms with Gasteiger partial charge in [0.05, 0.1) is 11.4 Å². The summed E-state index contributed by atoms with van der Waals surface area (Å²) in [5, 5.41) is -0.411. The van der Waals surface area contributed by atoms with Crippen LogP contribution in [-0.2, 0) is 11.8 Å². The Hall–Kier alpha value is -2.60. The molecule has 0 N–H and O–H groups in total. The molecule has 0 aliphatic carbocycles. The lowest BCUT2D eigenvalue weighted by atomic mass is 10.1. The fourth-order valence-corrected chi connectivity index (χ4v) is 3.50. The first-order chi connectivity index (χ1) is 11.9. The fourth-order valence-electron chi connectivity index (χ4n) is 2.67. The lowest BCUT2D eigenvalue weighted by Crippen LogP contribution is -2.33. The highest BCUT2D eigenvalue weighted by Gasteiger charge is 2.36. The molecule has 0 radical (unpaired) electrons. The maximum Gasteiger partial charge on any atom is 0.293 e. The van der Waals surface area contributed by atoms with Crippen LogP contribution in [0.4, 0.5) is 4.79 Å². The number of carbonyl (C=O) groups excluding carboxylic acids is 3. The molecule has 6 heteroatoms. The minimum atomic E-state index is -0.416. The molecule has 1 fully saturated rings. The average Bonchev–Trinajstić information content (AvgIpc) is 3.00. The van der Waals surface area contributed by atoms with Crippen molar-refractivity contribution in [3.05, 3.63) is 63.8 Å². The van der Waals surface area contributed by atoms with Gasteiger partial charge in [-0.2, -0.15) is 0 Å². The molecule has 1 aliphatic heterocycles. The lowest BCUT2D eigenvalue weighted by molar-refractivity contribution is -0.122. The van der Waals surface area contributed by atoms with Gasteiger partial charge in [0.15, 0.2) is 5.78 Å². The number of aryl methyl sites for hydroxylation is 1. The molecule has 0 unspecified atom stereocenters. The topological polar surface area (TPSA) is 59.4 Å². The van der Waals surface area contributed by atoms with Crippen LogP contribution >= 0.6 is 11.8 Å². The predicted molar refractivity (Wildman–Crippen MR) is 98.3 cm³/mol. The number of aromatic nitrogens is 1. The van der Waals surface area contributed by atoms with E-state index >= 15 is 0 Å². The minimum absolute atomic E-state index is 0.237. The second kappa shape index (κ2) is 6.72. The summed E-state index contributed by atoms with van der Waals surface area (Å²) in [5.74, 6) is -0.670. The van der Waals surface area contributed by atoms with E-state index in [1.165, 1.54) is 0 Å². The molecule has 1 saturated heterocycles. The van der Waals surface area contributed by atoms with E-state index in [1.807, 2.05) is 37.6 Å². The molecule has 2 amide bonds. The molecule has 1 aliphatic rings. The molecule has 5 nitrogen and oxygen atoms in total. The Bertz CT molecular complexity index is 897. The maximum atomic E-state index is 12.5. The van der Waals surface area contributed by atoms with Gasteiger partial charge >= 0.3 is 0 Å². The third kappa shape index (κ3) is 3.30. The van der Waals surface area contributed by atoms with Crippen molar-refractivity contribution in [2.24, 2.45) is 7.05 Å². The molecule has 1 aromatic carbocycles. The number of carbonyl (C=O) groups is 3. The second-order valence-corrected chi connectivity index (χ2v) is 6.94. The van der Waals surface area contributed by atoms with E-state index < -0.39 is 11.1 Å². The monoisotopic (exact) mass is 354 g/mol. The minimum Gasteiger partial charge on any atom is -0.352 e. The summed E-state index contributed by atoms with van der Waals surface area (Å²) in [7, 11) is 1.95. The SMILES string of the molecule is Cc1cc(/C=C2\SC(=O)N(CC(=O)c3ccccc3)C2=O)c(C)n1C. The third-order valence-corrected chi connectivity index (χ3v) is 5.28. The van der Waals surface area contributed by atoms with Crippen LogP contribution in [0.1, 0.15) is 27.3 Å². The Labute approximate surface area is 150 Å². The molecule has 0 atom stereocenters. The zero-order valence-electron chi connectivity index (χ0n) is 14.3. The van der Waals surface area contributed by atoms with Crippen LogP contribution < -0.4 is 0 Å². The number of Topliss-reactive ketones (excluding diaryl/α,β-unsaturated/α-hetero) is 1. The summed E-state index contributed by atoms with van der Waals surface area (Å²) in [5.41, 5.74) is 3.48. The van der Waals surface area contributed by atoms with Crippen LogP contribution in [-0.4, -0.2) is 32.9 Å². The standard InChI is InChI=1S/C19H18N2O3S/c1-12-9-15(13(2)20(12)3)10-17-18(23)21(19(24)25-17)11-16(22)14-7-5-4-6-8-14/h4-10H,11H2,1-3H3/b17-10-. The molecular formula is C19H18N2O3S. The largest absolute Gasteiger partial charge is 0.352 e. The van der Waals surface area contributed by atoms with Crippen molar-refractivity contribution in [3.63, 3.8) is 0 Å². The highest BCUT2D eigenvalue weighted by Crippen LogP contribution is 2.33. The smallest absolute Gasteiger partial charge is 0.293 e. The van der Waals surface area contributed by atoms with E-state index in [9.17, 15) is 14.4 Å². The van der Waals surface area contributed by atoms with Gasteiger partial charge in [0.1, 0.15) is 0 Å². The molecular weight excluding hydrogens is 336 g/mol. The number of ketones is 1. The summed E-state index contributed by atoms with van der Waals surface area (Å²) in [6.07, 6.45) is 1.72. The van der Waals surface area contributed by atoms with Gasteiger partial charge in [0.2, 0.25) is 0 Å². The summed E-state index contributed by atoms with van der Waals surface area (Å²) in [4.78, 5) is 38.4. The van der Waals surface area contributed by atoms with Crippen molar-refractivity contribution < 1.29 is 14.4 Å². The van der Waals surface area contributed by atoms with Crippen LogP contribution in [0, 0.1) is 13.8 Å². The number of nitrogens with zero attached hydrogens (tertiary/aromatic N) is 2. The van der Waals surface area contributed by atoms with E-state index in [0.29, 0.717) is 10.5 Å². The lowest BCUT2D eigenvalue weighted by Gasteiger charge is -2.11.